The van der Waals surface area contributed by atoms with E-state index in [9.17, 15) is 18.0 Å². The first-order valence-electron chi connectivity index (χ1n) is 2.64. The number of rotatable bonds is 2. The highest BCUT2D eigenvalue weighted by atomic mass is 19.4. The second kappa shape index (κ2) is 3.80. The summed E-state index contributed by atoms with van der Waals surface area (Å²) in [4.78, 5) is 10.1. The van der Waals surface area contributed by atoms with Crippen molar-refractivity contribution in [3.63, 3.8) is 0 Å². The number of ketones is 1. The van der Waals surface area contributed by atoms with E-state index in [4.69, 9.17) is 5.73 Å². The third kappa shape index (κ3) is 4.19. The topological polar surface area (TPSA) is 43.1 Å². The van der Waals surface area contributed by atoms with Crippen LogP contribution in [-0.4, -0.2) is 12.0 Å². The van der Waals surface area contributed by atoms with Crippen LogP contribution in [0.3, 0.4) is 0 Å². The van der Waals surface area contributed by atoms with Crippen LogP contribution in [0.4, 0.5) is 13.2 Å². The number of carbonyl (C=O) groups is 1. The van der Waals surface area contributed by atoms with Crippen molar-refractivity contribution >= 4 is 5.78 Å². The molecule has 0 unspecified atom stereocenters. The summed E-state index contributed by atoms with van der Waals surface area (Å²) in [6.07, 6.45) is -1.30. The molecule has 0 aliphatic carbocycles. The first kappa shape index (κ1) is 9.74. The number of alkyl halides is 3. The minimum absolute atomic E-state index is 0.406. The van der Waals surface area contributed by atoms with E-state index in [0.29, 0.717) is 6.08 Å². The molecular weight excluding hydrogens is 159 g/mol. The summed E-state index contributed by atoms with van der Waals surface area (Å²) in [7, 11) is 0. The van der Waals surface area contributed by atoms with Gasteiger partial charge in [-0.2, -0.15) is 13.2 Å². The molecule has 2 nitrogen and oxygen atoms in total. The molecule has 2 N–H and O–H groups in total. The first-order valence-corrected chi connectivity index (χ1v) is 2.64. The van der Waals surface area contributed by atoms with E-state index in [1.165, 1.54) is 0 Å². The molecule has 0 aromatic heterocycles. The molecule has 0 saturated carbocycles. The van der Waals surface area contributed by atoms with Gasteiger partial charge in [-0.15, -0.1) is 0 Å². The molecule has 62 valence electrons. The van der Waals surface area contributed by atoms with Gasteiger partial charge in [0.15, 0.2) is 0 Å². The molecule has 0 saturated heterocycles. The number of halogens is 3. The Bertz CT molecular complexity index is 192. The molecule has 11 heavy (non-hydrogen) atoms. The highest BCUT2D eigenvalue weighted by Crippen LogP contribution is 2.16. The average Bonchev–Trinajstić information content (AvgIpc) is 1.86. The summed E-state index contributed by atoms with van der Waals surface area (Å²) in [6.45, 7) is 0. The Morgan fingerprint density at radius 1 is 1.27 bits per heavy atom. The van der Waals surface area contributed by atoms with Gasteiger partial charge in [0.2, 0.25) is 0 Å². The van der Waals surface area contributed by atoms with Gasteiger partial charge in [-0.05, 0) is 18.4 Å². The monoisotopic (exact) mass is 165 g/mol. The van der Waals surface area contributed by atoms with Gasteiger partial charge < -0.3 is 5.73 Å². The first-order chi connectivity index (χ1) is 4.98. The van der Waals surface area contributed by atoms with Crippen LogP contribution >= 0.6 is 0 Å². The molecule has 0 fully saturated rings. The largest absolute Gasteiger partial charge is 0.454 e. The number of hydrogen-bond acceptors (Lipinski definition) is 2. The van der Waals surface area contributed by atoms with Crippen molar-refractivity contribution in [2.75, 3.05) is 0 Å². The van der Waals surface area contributed by atoms with Crippen LogP contribution in [0.25, 0.3) is 0 Å². The highest BCUT2D eigenvalue weighted by Gasteiger charge is 2.35. The summed E-state index contributed by atoms with van der Waals surface area (Å²) in [6, 6.07) is 0. The second-order valence-electron chi connectivity index (χ2n) is 1.61. The Kier molecular flexibility index (Phi) is 3.36. The van der Waals surface area contributed by atoms with E-state index < -0.39 is 12.0 Å². The lowest BCUT2D eigenvalue weighted by Gasteiger charge is -1.97. The van der Waals surface area contributed by atoms with Crippen molar-refractivity contribution in [1.82, 2.24) is 0 Å². The Morgan fingerprint density at radius 2 is 1.82 bits per heavy atom. The summed E-state index contributed by atoms with van der Waals surface area (Å²) in [5.74, 6) is -1.89. The molecule has 0 spiro atoms. The molecule has 0 aliphatic rings. The van der Waals surface area contributed by atoms with Gasteiger partial charge >= 0.3 is 6.18 Å². The highest BCUT2D eigenvalue weighted by molar-refractivity contribution is 5.94. The standard InChI is InChI=1S/C6H6F3NO/c7-6(8,9)5(11)3-1-2-4-10/h1-4H,10H2/b3-1-,4-2-. The maximum absolute atomic E-state index is 11.4. The van der Waals surface area contributed by atoms with E-state index in [2.05, 4.69) is 0 Å². The summed E-state index contributed by atoms with van der Waals surface area (Å²) < 4.78 is 34.3. The molecule has 0 aliphatic heterocycles. The molecule has 0 bridgehead atoms. The van der Waals surface area contributed by atoms with Crippen LogP contribution in [0.5, 0.6) is 0 Å². The smallest absolute Gasteiger partial charge is 0.405 e. The molecule has 0 atom stereocenters. The summed E-state index contributed by atoms with van der Waals surface area (Å²) in [5, 5.41) is 0. The van der Waals surface area contributed by atoms with Crippen molar-refractivity contribution < 1.29 is 18.0 Å². The van der Waals surface area contributed by atoms with Crippen LogP contribution in [0.1, 0.15) is 0 Å². The van der Waals surface area contributed by atoms with Gasteiger partial charge in [-0.3, -0.25) is 4.79 Å². The Balaban J connectivity index is 4.08. The minimum atomic E-state index is -4.79. The molecule has 0 aromatic rings. The molecule has 0 aromatic carbocycles. The predicted molar refractivity (Wildman–Crippen MR) is 33.5 cm³/mol. The molecule has 0 heterocycles. The average molecular weight is 165 g/mol. The van der Waals surface area contributed by atoms with Crippen LogP contribution < -0.4 is 5.73 Å². The molecular formula is C6H6F3NO. The van der Waals surface area contributed by atoms with Crippen molar-refractivity contribution in [2.45, 2.75) is 6.18 Å². The van der Waals surface area contributed by atoms with Gasteiger partial charge in [0, 0.05) is 0 Å². The van der Waals surface area contributed by atoms with Crippen molar-refractivity contribution in [3.05, 3.63) is 24.4 Å². The fourth-order valence-corrected chi connectivity index (χ4v) is 0.302. The molecule has 5 heteroatoms. The summed E-state index contributed by atoms with van der Waals surface area (Å²) >= 11 is 0. The fraction of sp³-hybridized carbons (Fsp3) is 0.167. The predicted octanol–water partition coefficient (Wildman–Crippen LogP) is 1.15. The zero-order valence-electron chi connectivity index (χ0n) is 5.43. The van der Waals surface area contributed by atoms with E-state index in [1.807, 2.05) is 0 Å². The van der Waals surface area contributed by atoms with Gasteiger partial charge in [-0.25, -0.2) is 0 Å². The zero-order chi connectivity index (χ0) is 8.91. The lowest BCUT2D eigenvalue weighted by Crippen LogP contribution is -2.19. The van der Waals surface area contributed by atoms with E-state index >= 15 is 0 Å². The fourth-order valence-electron chi connectivity index (χ4n) is 0.302. The quantitative estimate of drug-likeness (QED) is 0.492. The van der Waals surface area contributed by atoms with Crippen LogP contribution in [-0.2, 0) is 4.79 Å². The maximum Gasteiger partial charge on any atom is 0.454 e. The number of allylic oxidation sites excluding steroid dienone is 3. The second-order valence-corrected chi connectivity index (χ2v) is 1.61. The van der Waals surface area contributed by atoms with E-state index in [-0.39, 0.29) is 0 Å². The summed E-state index contributed by atoms with van der Waals surface area (Å²) in [5.41, 5.74) is 4.80. The SMILES string of the molecule is N/C=C\C=C/C(=O)C(F)(F)F. The van der Waals surface area contributed by atoms with E-state index in [0.717, 1.165) is 18.4 Å². The van der Waals surface area contributed by atoms with Gasteiger partial charge in [0.1, 0.15) is 0 Å². The lowest BCUT2D eigenvalue weighted by atomic mass is 10.3. The van der Waals surface area contributed by atoms with Crippen LogP contribution in [0.2, 0.25) is 0 Å². The zero-order valence-corrected chi connectivity index (χ0v) is 5.43. The van der Waals surface area contributed by atoms with Crippen molar-refractivity contribution in [1.29, 1.82) is 0 Å². The van der Waals surface area contributed by atoms with Crippen LogP contribution in [0.15, 0.2) is 24.4 Å². The van der Waals surface area contributed by atoms with Crippen molar-refractivity contribution in [2.24, 2.45) is 5.73 Å². The van der Waals surface area contributed by atoms with Gasteiger partial charge in [-0.1, -0.05) is 6.08 Å². The Labute approximate surface area is 61.2 Å². The number of carbonyl (C=O) groups excluding carboxylic acids is 1. The van der Waals surface area contributed by atoms with Gasteiger partial charge in [0.25, 0.3) is 5.78 Å². The Hall–Kier alpha value is -1.26. The number of nitrogens with two attached hydrogens (primary N) is 1. The molecule has 0 amide bonds. The number of hydrogen-bond donors (Lipinski definition) is 1. The minimum Gasteiger partial charge on any atom is -0.405 e. The maximum atomic E-state index is 11.4. The van der Waals surface area contributed by atoms with Crippen molar-refractivity contribution in [3.8, 4) is 0 Å². The normalized spacial score (nSPS) is 13.0. The lowest BCUT2D eigenvalue weighted by molar-refractivity contribution is -0.165. The third-order valence-corrected chi connectivity index (χ3v) is 0.749. The Morgan fingerprint density at radius 3 is 2.18 bits per heavy atom. The molecule has 0 rings (SSSR count). The van der Waals surface area contributed by atoms with Crippen LogP contribution in [0, 0.1) is 0 Å². The molecule has 0 radical (unpaired) electrons. The van der Waals surface area contributed by atoms with Gasteiger partial charge in [0.05, 0.1) is 0 Å². The third-order valence-electron chi connectivity index (χ3n) is 0.749. The van der Waals surface area contributed by atoms with E-state index in [1.54, 1.807) is 0 Å².